The second-order valence-corrected chi connectivity index (χ2v) is 5.31. The van der Waals surface area contributed by atoms with E-state index in [-0.39, 0.29) is 6.61 Å². The highest BCUT2D eigenvalue weighted by Gasteiger charge is 1.97. The standard InChI is InChI=1S/C15H22N2OS/c1-19-11-4-2-3-9-17-13-14-6-5-7-15(12-14)18-10-8-16/h5-7,12,17H,2-4,9-11,13H2,1H3. The molecule has 0 unspecified atom stereocenters. The number of benzene rings is 1. The molecule has 0 amide bonds. The van der Waals surface area contributed by atoms with Crippen molar-refractivity contribution in [3.05, 3.63) is 29.8 Å². The van der Waals surface area contributed by atoms with Crippen LogP contribution in [0.4, 0.5) is 0 Å². The fourth-order valence-electron chi connectivity index (χ4n) is 1.77. The maximum atomic E-state index is 8.47. The Morgan fingerprint density at radius 3 is 3.00 bits per heavy atom. The molecular weight excluding hydrogens is 256 g/mol. The van der Waals surface area contributed by atoms with Gasteiger partial charge in [0.25, 0.3) is 0 Å². The molecule has 0 aromatic heterocycles. The fourth-order valence-corrected chi connectivity index (χ4v) is 2.26. The molecule has 0 radical (unpaired) electrons. The van der Waals surface area contributed by atoms with Crippen LogP contribution in [0.3, 0.4) is 0 Å². The summed E-state index contributed by atoms with van der Waals surface area (Å²) in [5.74, 6) is 2.03. The van der Waals surface area contributed by atoms with Crippen molar-refractivity contribution >= 4 is 11.8 Å². The fraction of sp³-hybridized carbons (Fsp3) is 0.533. The van der Waals surface area contributed by atoms with Crippen molar-refractivity contribution in [1.29, 1.82) is 5.26 Å². The smallest absolute Gasteiger partial charge is 0.174 e. The Balaban J connectivity index is 2.16. The number of rotatable bonds is 10. The number of nitriles is 1. The van der Waals surface area contributed by atoms with Gasteiger partial charge in [-0.25, -0.2) is 0 Å². The molecule has 1 aromatic carbocycles. The van der Waals surface area contributed by atoms with Crippen molar-refractivity contribution < 1.29 is 4.74 Å². The van der Waals surface area contributed by atoms with Gasteiger partial charge in [-0.3, -0.25) is 0 Å². The highest BCUT2D eigenvalue weighted by atomic mass is 32.2. The monoisotopic (exact) mass is 278 g/mol. The Hall–Kier alpha value is -1.18. The van der Waals surface area contributed by atoms with E-state index >= 15 is 0 Å². The Kier molecular flexibility index (Phi) is 8.95. The van der Waals surface area contributed by atoms with Gasteiger partial charge in [-0.2, -0.15) is 17.0 Å². The summed E-state index contributed by atoms with van der Waals surface area (Å²) in [5, 5.41) is 11.9. The predicted octanol–water partition coefficient (Wildman–Crippen LogP) is 3.21. The van der Waals surface area contributed by atoms with Gasteiger partial charge in [-0.1, -0.05) is 18.6 Å². The quantitative estimate of drug-likeness (QED) is 0.668. The van der Waals surface area contributed by atoms with E-state index in [9.17, 15) is 0 Å². The minimum Gasteiger partial charge on any atom is -0.479 e. The molecule has 0 atom stereocenters. The molecule has 0 heterocycles. The molecule has 0 aliphatic carbocycles. The molecule has 0 saturated heterocycles. The van der Waals surface area contributed by atoms with Gasteiger partial charge in [0, 0.05) is 6.54 Å². The molecule has 104 valence electrons. The Morgan fingerprint density at radius 1 is 1.32 bits per heavy atom. The molecule has 1 aromatic rings. The third-order valence-electron chi connectivity index (χ3n) is 2.73. The molecule has 0 aliphatic heterocycles. The van der Waals surface area contributed by atoms with Crippen molar-refractivity contribution in [3.63, 3.8) is 0 Å². The van der Waals surface area contributed by atoms with Crippen molar-refractivity contribution in [1.82, 2.24) is 5.32 Å². The Bertz CT molecular complexity index is 390. The van der Waals surface area contributed by atoms with Gasteiger partial charge in [0.1, 0.15) is 11.8 Å². The third-order valence-corrected chi connectivity index (χ3v) is 3.43. The first-order valence-electron chi connectivity index (χ1n) is 6.65. The lowest BCUT2D eigenvalue weighted by atomic mass is 10.2. The minimum atomic E-state index is 0.103. The van der Waals surface area contributed by atoms with E-state index in [1.807, 2.05) is 36.0 Å². The summed E-state index contributed by atoms with van der Waals surface area (Å²) < 4.78 is 5.28. The highest BCUT2D eigenvalue weighted by Crippen LogP contribution is 2.13. The van der Waals surface area contributed by atoms with E-state index in [2.05, 4.69) is 17.6 Å². The normalized spacial score (nSPS) is 10.1. The maximum Gasteiger partial charge on any atom is 0.174 e. The third kappa shape index (κ3) is 7.76. The molecule has 0 spiro atoms. The molecule has 1 rings (SSSR count). The molecule has 0 fully saturated rings. The summed E-state index contributed by atoms with van der Waals surface area (Å²) in [5.41, 5.74) is 1.19. The van der Waals surface area contributed by atoms with Gasteiger partial charge in [0.15, 0.2) is 6.61 Å². The Morgan fingerprint density at radius 2 is 2.21 bits per heavy atom. The number of hydrogen-bond donors (Lipinski definition) is 1. The molecule has 0 bridgehead atoms. The first-order chi connectivity index (χ1) is 9.36. The average molecular weight is 278 g/mol. The first-order valence-corrected chi connectivity index (χ1v) is 8.04. The predicted molar refractivity (Wildman–Crippen MR) is 81.5 cm³/mol. The number of ether oxygens (including phenoxy) is 1. The van der Waals surface area contributed by atoms with Crippen molar-refractivity contribution in [2.45, 2.75) is 25.8 Å². The Labute approximate surface area is 120 Å². The van der Waals surface area contributed by atoms with Gasteiger partial charge >= 0.3 is 0 Å². The molecule has 0 saturated carbocycles. The lowest BCUT2D eigenvalue weighted by molar-refractivity contribution is 0.367. The summed E-state index contributed by atoms with van der Waals surface area (Å²) >= 11 is 1.91. The summed E-state index contributed by atoms with van der Waals surface area (Å²) in [6.07, 6.45) is 5.98. The zero-order valence-corrected chi connectivity index (χ0v) is 12.3. The van der Waals surface area contributed by atoms with E-state index in [4.69, 9.17) is 10.00 Å². The van der Waals surface area contributed by atoms with Crippen LogP contribution in [0.15, 0.2) is 24.3 Å². The summed E-state index contributed by atoms with van der Waals surface area (Å²) in [6, 6.07) is 9.87. The zero-order chi connectivity index (χ0) is 13.8. The average Bonchev–Trinajstić information content (AvgIpc) is 2.44. The van der Waals surface area contributed by atoms with Crippen molar-refractivity contribution in [2.75, 3.05) is 25.2 Å². The lowest BCUT2D eigenvalue weighted by Crippen LogP contribution is -2.14. The van der Waals surface area contributed by atoms with Gasteiger partial charge in [-0.15, -0.1) is 0 Å². The van der Waals surface area contributed by atoms with Gasteiger partial charge in [0.05, 0.1) is 0 Å². The number of unbranched alkanes of at least 4 members (excludes halogenated alkanes) is 2. The van der Waals surface area contributed by atoms with Crippen LogP contribution in [0.5, 0.6) is 5.75 Å². The van der Waals surface area contributed by atoms with E-state index < -0.39 is 0 Å². The largest absolute Gasteiger partial charge is 0.479 e. The van der Waals surface area contributed by atoms with Crippen LogP contribution in [0, 0.1) is 11.3 Å². The number of nitrogens with one attached hydrogen (secondary N) is 1. The first kappa shape index (κ1) is 15.9. The van der Waals surface area contributed by atoms with E-state index in [1.165, 1.54) is 30.6 Å². The summed E-state index contributed by atoms with van der Waals surface area (Å²) in [6.45, 7) is 2.01. The number of hydrogen-bond acceptors (Lipinski definition) is 4. The van der Waals surface area contributed by atoms with Crippen LogP contribution in [0.2, 0.25) is 0 Å². The molecule has 19 heavy (non-hydrogen) atoms. The number of nitrogens with zero attached hydrogens (tertiary/aromatic N) is 1. The second kappa shape index (κ2) is 10.7. The van der Waals surface area contributed by atoms with Crippen LogP contribution < -0.4 is 10.1 Å². The van der Waals surface area contributed by atoms with Crippen molar-refractivity contribution in [2.24, 2.45) is 0 Å². The van der Waals surface area contributed by atoms with E-state index in [0.717, 1.165) is 18.8 Å². The van der Waals surface area contributed by atoms with Gasteiger partial charge < -0.3 is 10.1 Å². The molecule has 0 aliphatic rings. The molecular formula is C15H22N2OS. The topological polar surface area (TPSA) is 45.0 Å². The van der Waals surface area contributed by atoms with Gasteiger partial charge in [-0.05, 0) is 49.1 Å². The second-order valence-electron chi connectivity index (χ2n) is 4.32. The molecule has 4 heteroatoms. The SMILES string of the molecule is CSCCCCCNCc1cccc(OCC#N)c1. The summed E-state index contributed by atoms with van der Waals surface area (Å²) in [7, 11) is 0. The van der Waals surface area contributed by atoms with Crippen LogP contribution in [-0.2, 0) is 6.54 Å². The lowest BCUT2D eigenvalue weighted by Gasteiger charge is -2.07. The van der Waals surface area contributed by atoms with E-state index in [1.54, 1.807) is 0 Å². The molecule has 3 nitrogen and oxygen atoms in total. The number of thioether (sulfide) groups is 1. The van der Waals surface area contributed by atoms with Crippen molar-refractivity contribution in [3.8, 4) is 11.8 Å². The van der Waals surface area contributed by atoms with Crippen LogP contribution in [0.25, 0.3) is 0 Å². The van der Waals surface area contributed by atoms with Crippen LogP contribution >= 0.6 is 11.8 Å². The zero-order valence-electron chi connectivity index (χ0n) is 11.5. The van der Waals surface area contributed by atoms with Crippen LogP contribution in [0.1, 0.15) is 24.8 Å². The van der Waals surface area contributed by atoms with Gasteiger partial charge in [0.2, 0.25) is 0 Å². The van der Waals surface area contributed by atoms with E-state index in [0.29, 0.717) is 0 Å². The van der Waals surface area contributed by atoms with Crippen LogP contribution in [-0.4, -0.2) is 25.2 Å². The highest BCUT2D eigenvalue weighted by molar-refractivity contribution is 7.98. The minimum absolute atomic E-state index is 0.103. The molecule has 1 N–H and O–H groups in total. The maximum absolute atomic E-state index is 8.47. The summed E-state index contributed by atoms with van der Waals surface area (Å²) in [4.78, 5) is 0.